The standard InChI is InChI=1S/C15H28N2O3/c16-10-4-2-1-3-5-14(18)17-11-12-6-8-13(9-7-12)15(19)20/h12-13H,1-11,16H2,(H,17,18)(H,19,20). The topological polar surface area (TPSA) is 92.4 Å². The zero-order valence-corrected chi connectivity index (χ0v) is 12.3. The lowest BCUT2D eigenvalue weighted by Crippen LogP contribution is -2.32. The summed E-state index contributed by atoms with van der Waals surface area (Å²) in [5.41, 5.74) is 5.41. The summed E-state index contributed by atoms with van der Waals surface area (Å²) in [7, 11) is 0. The molecule has 1 rings (SSSR count). The predicted octanol–water partition coefficient (Wildman–Crippen LogP) is 1.90. The summed E-state index contributed by atoms with van der Waals surface area (Å²) < 4.78 is 0. The van der Waals surface area contributed by atoms with Gasteiger partial charge in [0.2, 0.25) is 5.91 Å². The van der Waals surface area contributed by atoms with E-state index < -0.39 is 5.97 Å². The number of carbonyl (C=O) groups is 2. The highest BCUT2D eigenvalue weighted by atomic mass is 16.4. The maximum absolute atomic E-state index is 11.7. The molecule has 0 aliphatic heterocycles. The number of carboxylic acid groups (broad SMARTS) is 1. The fourth-order valence-electron chi connectivity index (χ4n) is 2.74. The molecule has 0 saturated heterocycles. The van der Waals surface area contributed by atoms with E-state index in [0.29, 0.717) is 18.9 Å². The van der Waals surface area contributed by atoms with Crippen LogP contribution in [0.3, 0.4) is 0 Å². The first kappa shape index (κ1) is 17.0. The summed E-state index contributed by atoms with van der Waals surface area (Å²) in [5.74, 6) is -0.278. The molecule has 20 heavy (non-hydrogen) atoms. The van der Waals surface area contributed by atoms with Gasteiger partial charge in [-0.05, 0) is 51.0 Å². The first-order chi connectivity index (χ1) is 9.63. The lowest BCUT2D eigenvalue weighted by Gasteiger charge is -2.26. The van der Waals surface area contributed by atoms with Crippen LogP contribution >= 0.6 is 0 Å². The molecule has 0 unspecified atom stereocenters. The van der Waals surface area contributed by atoms with Crippen molar-refractivity contribution in [3.8, 4) is 0 Å². The Kier molecular flexibility index (Phi) is 8.26. The van der Waals surface area contributed by atoms with Crippen LogP contribution in [-0.2, 0) is 9.59 Å². The quantitative estimate of drug-likeness (QED) is 0.564. The van der Waals surface area contributed by atoms with Crippen molar-refractivity contribution in [3.63, 3.8) is 0 Å². The van der Waals surface area contributed by atoms with Crippen LogP contribution in [0.1, 0.15) is 57.8 Å². The normalized spacial score (nSPS) is 22.4. The van der Waals surface area contributed by atoms with E-state index >= 15 is 0 Å². The number of aliphatic carboxylic acids is 1. The van der Waals surface area contributed by atoms with Gasteiger partial charge < -0.3 is 16.2 Å². The van der Waals surface area contributed by atoms with Crippen LogP contribution in [0.4, 0.5) is 0 Å². The van der Waals surface area contributed by atoms with Crippen molar-refractivity contribution in [3.05, 3.63) is 0 Å². The van der Waals surface area contributed by atoms with Crippen LogP contribution in [0.5, 0.6) is 0 Å². The smallest absolute Gasteiger partial charge is 0.306 e. The molecule has 0 heterocycles. The van der Waals surface area contributed by atoms with Gasteiger partial charge >= 0.3 is 5.97 Å². The predicted molar refractivity (Wildman–Crippen MR) is 78.2 cm³/mol. The van der Waals surface area contributed by atoms with E-state index in [2.05, 4.69) is 5.32 Å². The highest BCUT2D eigenvalue weighted by Crippen LogP contribution is 2.28. The lowest BCUT2D eigenvalue weighted by atomic mass is 9.82. The molecular weight excluding hydrogens is 256 g/mol. The Morgan fingerprint density at radius 2 is 1.70 bits per heavy atom. The van der Waals surface area contributed by atoms with Crippen molar-refractivity contribution < 1.29 is 14.7 Å². The first-order valence-electron chi connectivity index (χ1n) is 7.83. The minimum atomic E-state index is -0.676. The molecular formula is C15H28N2O3. The Morgan fingerprint density at radius 3 is 2.30 bits per heavy atom. The van der Waals surface area contributed by atoms with E-state index in [0.717, 1.165) is 57.9 Å². The number of nitrogens with two attached hydrogens (primary N) is 1. The average Bonchev–Trinajstić information content (AvgIpc) is 2.45. The summed E-state index contributed by atoms with van der Waals surface area (Å²) in [6.07, 6.45) is 8.03. The summed E-state index contributed by atoms with van der Waals surface area (Å²) in [5, 5.41) is 11.9. The van der Waals surface area contributed by atoms with E-state index in [-0.39, 0.29) is 11.8 Å². The molecule has 0 aromatic carbocycles. The molecule has 0 radical (unpaired) electrons. The molecule has 1 saturated carbocycles. The molecule has 1 aliphatic carbocycles. The molecule has 5 heteroatoms. The van der Waals surface area contributed by atoms with Crippen LogP contribution in [0.15, 0.2) is 0 Å². The summed E-state index contributed by atoms with van der Waals surface area (Å²) in [6.45, 7) is 1.43. The van der Waals surface area contributed by atoms with Crippen LogP contribution in [0.2, 0.25) is 0 Å². The third-order valence-corrected chi connectivity index (χ3v) is 4.14. The second kappa shape index (κ2) is 9.75. The minimum Gasteiger partial charge on any atom is -0.481 e. The van der Waals surface area contributed by atoms with Gasteiger partial charge in [-0.1, -0.05) is 12.8 Å². The Labute approximate surface area is 121 Å². The van der Waals surface area contributed by atoms with E-state index in [1.54, 1.807) is 0 Å². The maximum atomic E-state index is 11.7. The molecule has 5 nitrogen and oxygen atoms in total. The third-order valence-electron chi connectivity index (χ3n) is 4.14. The van der Waals surface area contributed by atoms with Gasteiger partial charge in [0.15, 0.2) is 0 Å². The number of carboxylic acids is 1. The van der Waals surface area contributed by atoms with Gasteiger partial charge in [-0.2, -0.15) is 0 Å². The Morgan fingerprint density at radius 1 is 1.05 bits per heavy atom. The third kappa shape index (κ3) is 6.89. The molecule has 0 atom stereocenters. The SMILES string of the molecule is NCCCCCCC(=O)NCC1CCC(C(=O)O)CC1. The molecule has 1 aliphatic rings. The fourth-order valence-corrected chi connectivity index (χ4v) is 2.74. The monoisotopic (exact) mass is 284 g/mol. The maximum Gasteiger partial charge on any atom is 0.306 e. The van der Waals surface area contributed by atoms with Crippen molar-refractivity contribution in [2.45, 2.75) is 57.8 Å². The van der Waals surface area contributed by atoms with Crippen molar-refractivity contribution in [2.75, 3.05) is 13.1 Å². The number of rotatable bonds is 9. The van der Waals surface area contributed by atoms with E-state index in [4.69, 9.17) is 10.8 Å². The minimum absolute atomic E-state index is 0.123. The van der Waals surface area contributed by atoms with Crippen LogP contribution in [-0.4, -0.2) is 30.1 Å². The van der Waals surface area contributed by atoms with Gasteiger partial charge in [0, 0.05) is 13.0 Å². The number of carbonyl (C=O) groups excluding carboxylic acids is 1. The average molecular weight is 284 g/mol. The molecule has 4 N–H and O–H groups in total. The molecule has 116 valence electrons. The lowest BCUT2D eigenvalue weighted by molar-refractivity contribution is -0.143. The highest BCUT2D eigenvalue weighted by molar-refractivity contribution is 5.75. The summed E-state index contributed by atoms with van der Waals surface area (Å²) >= 11 is 0. The first-order valence-corrected chi connectivity index (χ1v) is 7.83. The van der Waals surface area contributed by atoms with E-state index in [1.807, 2.05) is 0 Å². The van der Waals surface area contributed by atoms with E-state index in [1.165, 1.54) is 0 Å². The molecule has 1 fully saturated rings. The molecule has 0 spiro atoms. The number of hydrogen-bond acceptors (Lipinski definition) is 3. The number of nitrogens with one attached hydrogen (secondary N) is 1. The number of amides is 1. The van der Waals surface area contributed by atoms with Crippen LogP contribution < -0.4 is 11.1 Å². The van der Waals surface area contributed by atoms with Crippen molar-refractivity contribution in [2.24, 2.45) is 17.6 Å². The zero-order valence-electron chi connectivity index (χ0n) is 12.3. The van der Waals surface area contributed by atoms with E-state index in [9.17, 15) is 9.59 Å². The zero-order chi connectivity index (χ0) is 14.8. The summed E-state index contributed by atoms with van der Waals surface area (Å²) in [6, 6.07) is 0. The number of hydrogen-bond donors (Lipinski definition) is 3. The van der Waals surface area contributed by atoms with Crippen LogP contribution in [0, 0.1) is 11.8 Å². The number of unbranched alkanes of at least 4 members (excludes halogenated alkanes) is 3. The fraction of sp³-hybridized carbons (Fsp3) is 0.867. The van der Waals surface area contributed by atoms with Crippen molar-refractivity contribution in [1.82, 2.24) is 5.32 Å². The Balaban J connectivity index is 2.03. The van der Waals surface area contributed by atoms with Gasteiger partial charge in [-0.25, -0.2) is 0 Å². The second-order valence-electron chi connectivity index (χ2n) is 5.81. The molecule has 0 bridgehead atoms. The van der Waals surface area contributed by atoms with Gasteiger partial charge in [-0.15, -0.1) is 0 Å². The highest BCUT2D eigenvalue weighted by Gasteiger charge is 2.25. The summed E-state index contributed by atoms with van der Waals surface area (Å²) in [4.78, 5) is 22.5. The van der Waals surface area contributed by atoms with Crippen molar-refractivity contribution >= 4 is 11.9 Å². The molecule has 0 aromatic heterocycles. The van der Waals surface area contributed by atoms with Crippen molar-refractivity contribution in [1.29, 1.82) is 0 Å². The van der Waals surface area contributed by atoms with Gasteiger partial charge in [0.05, 0.1) is 5.92 Å². The largest absolute Gasteiger partial charge is 0.481 e. The molecule has 0 aromatic rings. The van der Waals surface area contributed by atoms with Gasteiger partial charge in [0.1, 0.15) is 0 Å². The van der Waals surface area contributed by atoms with Gasteiger partial charge in [-0.3, -0.25) is 9.59 Å². The second-order valence-corrected chi connectivity index (χ2v) is 5.81. The van der Waals surface area contributed by atoms with Gasteiger partial charge in [0.25, 0.3) is 0 Å². The van der Waals surface area contributed by atoms with Crippen LogP contribution in [0.25, 0.3) is 0 Å². The Hall–Kier alpha value is -1.10. The Bertz CT molecular complexity index is 299. The molecule has 1 amide bonds.